The van der Waals surface area contributed by atoms with Gasteiger partial charge in [0.1, 0.15) is 5.82 Å². The summed E-state index contributed by atoms with van der Waals surface area (Å²) < 4.78 is 24.4. The van der Waals surface area contributed by atoms with Crippen LogP contribution in [-0.4, -0.2) is 33.6 Å². The highest BCUT2D eigenvalue weighted by Crippen LogP contribution is 2.38. The average Bonchev–Trinajstić information content (AvgIpc) is 3.33. The van der Waals surface area contributed by atoms with Crippen molar-refractivity contribution in [3.63, 3.8) is 0 Å². The molecule has 0 aliphatic carbocycles. The maximum atomic E-state index is 13.3. The van der Waals surface area contributed by atoms with Crippen LogP contribution in [0.4, 0.5) is 4.39 Å². The van der Waals surface area contributed by atoms with Crippen molar-refractivity contribution in [3.8, 4) is 0 Å². The summed E-state index contributed by atoms with van der Waals surface area (Å²) in [5, 5.41) is 11.4. The van der Waals surface area contributed by atoms with Gasteiger partial charge in [-0.3, -0.25) is 5.10 Å². The molecule has 0 saturated carbocycles. The molecule has 0 radical (unpaired) electrons. The highest BCUT2D eigenvalue weighted by atomic mass is 19.1. The summed E-state index contributed by atoms with van der Waals surface area (Å²) in [7, 11) is 0. The molecule has 25 heavy (non-hydrogen) atoms. The molecule has 2 aromatic heterocycles. The Bertz CT molecular complexity index is 859. The molecule has 1 saturated heterocycles. The molecule has 1 atom stereocenters. The lowest BCUT2D eigenvalue weighted by Crippen LogP contribution is -2.29. The van der Waals surface area contributed by atoms with E-state index in [9.17, 15) is 4.39 Å². The van der Waals surface area contributed by atoms with Crippen molar-refractivity contribution in [1.82, 2.24) is 20.3 Å². The van der Waals surface area contributed by atoms with E-state index in [-0.39, 0.29) is 5.82 Å². The SMILES string of the molecule is Cc1n[nH]c(C)c1Cc1nc([C@@]2(c3ccc(F)cc3)CCOC2)no1. The molecule has 7 heteroatoms. The van der Waals surface area contributed by atoms with E-state index in [0.717, 1.165) is 28.9 Å². The van der Waals surface area contributed by atoms with E-state index in [4.69, 9.17) is 9.26 Å². The number of ether oxygens (including phenoxy) is 1. The fourth-order valence-corrected chi connectivity index (χ4v) is 3.37. The van der Waals surface area contributed by atoms with Gasteiger partial charge in [0.05, 0.1) is 24.1 Å². The predicted molar refractivity (Wildman–Crippen MR) is 87.8 cm³/mol. The molecule has 0 bridgehead atoms. The van der Waals surface area contributed by atoms with Crippen LogP contribution < -0.4 is 0 Å². The van der Waals surface area contributed by atoms with Crippen LogP contribution in [0.25, 0.3) is 0 Å². The first-order chi connectivity index (χ1) is 12.1. The first-order valence-electron chi connectivity index (χ1n) is 8.26. The molecule has 130 valence electrons. The van der Waals surface area contributed by atoms with Gasteiger partial charge >= 0.3 is 0 Å². The first-order valence-corrected chi connectivity index (χ1v) is 8.26. The minimum atomic E-state index is -0.490. The number of H-pyrrole nitrogens is 1. The van der Waals surface area contributed by atoms with Crippen LogP contribution in [0.3, 0.4) is 0 Å². The minimum Gasteiger partial charge on any atom is -0.380 e. The van der Waals surface area contributed by atoms with E-state index in [0.29, 0.717) is 31.3 Å². The third-order valence-corrected chi connectivity index (χ3v) is 4.92. The third-order valence-electron chi connectivity index (χ3n) is 4.92. The lowest BCUT2D eigenvalue weighted by molar-refractivity contribution is 0.182. The van der Waals surface area contributed by atoms with Crippen molar-refractivity contribution >= 4 is 0 Å². The van der Waals surface area contributed by atoms with Crippen molar-refractivity contribution in [2.24, 2.45) is 0 Å². The van der Waals surface area contributed by atoms with E-state index < -0.39 is 5.41 Å². The number of aryl methyl sites for hydroxylation is 2. The van der Waals surface area contributed by atoms with Gasteiger partial charge in [0.2, 0.25) is 5.89 Å². The van der Waals surface area contributed by atoms with Gasteiger partial charge in [-0.25, -0.2) is 4.39 Å². The standard InChI is InChI=1S/C18H19FN4O2/c1-11-15(12(2)22-21-11)9-16-20-17(23-25-16)18(7-8-24-10-18)13-3-5-14(19)6-4-13/h3-6H,7-10H2,1-2H3,(H,21,22)/t18-/m0/s1. The Morgan fingerprint density at radius 2 is 2.04 bits per heavy atom. The Hall–Kier alpha value is -2.54. The summed E-state index contributed by atoms with van der Waals surface area (Å²) >= 11 is 0. The number of aromatic nitrogens is 4. The second kappa shape index (κ2) is 6.07. The number of benzene rings is 1. The van der Waals surface area contributed by atoms with Gasteiger partial charge in [0.25, 0.3) is 0 Å². The van der Waals surface area contributed by atoms with Gasteiger partial charge in [0.15, 0.2) is 5.82 Å². The maximum absolute atomic E-state index is 13.3. The largest absolute Gasteiger partial charge is 0.380 e. The first kappa shape index (κ1) is 16.0. The monoisotopic (exact) mass is 342 g/mol. The van der Waals surface area contributed by atoms with E-state index in [1.807, 2.05) is 13.8 Å². The molecule has 3 heterocycles. The van der Waals surface area contributed by atoms with E-state index in [2.05, 4.69) is 20.3 Å². The average molecular weight is 342 g/mol. The Morgan fingerprint density at radius 1 is 1.24 bits per heavy atom. The second-order valence-electron chi connectivity index (χ2n) is 6.49. The molecule has 3 aromatic rings. The Balaban J connectivity index is 1.68. The summed E-state index contributed by atoms with van der Waals surface area (Å²) in [6.45, 7) is 4.99. The summed E-state index contributed by atoms with van der Waals surface area (Å²) in [6.07, 6.45) is 1.27. The van der Waals surface area contributed by atoms with Gasteiger partial charge in [-0.2, -0.15) is 10.1 Å². The van der Waals surface area contributed by atoms with Crippen LogP contribution in [0.5, 0.6) is 0 Å². The molecule has 1 aliphatic rings. The summed E-state index contributed by atoms with van der Waals surface area (Å²) in [5.74, 6) is 0.860. The second-order valence-corrected chi connectivity index (χ2v) is 6.49. The number of nitrogens with one attached hydrogen (secondary N) is 1. The van der Waals surface area contributed by atoms with Crippen molar-refractivity contribution < 1.29 is 13.7 Å². The molecule has 1 aliphatic heterocycles. The molecular formula is C18H19FN4O2. The Labute approximate surface area is 144 Å². The van der Waals surface area contributed by atoms with Gasteiger partial charge in [0, 0.05) is 17.9 Å². The van der Waals surface area contributed by atoms with Crippen LogP contribution >= 0.6 is 0 Å². The topological polar surface area (TPSA) is 76.8 Å². The molecule has 6 nitrogen and oxygen atoms in total. The zero-order chi connectivity index (χ0) is 17.4. The fourth-order valence-electron chi connectivity index (χ4n) is 3.37. The smallest absolute Gasteiger partial charge is 0.231 e. The summed E-state index contributed by atoms with van der Waals surface area (Å²) in [5.41, 5.74) is 3.43. The molecule has 0 unspecified atom stereocenters. The van der Waals surface area contributed by atoms with E-state index in [1.54, 1.807) is 12.1 Å². The number of nitrogens with zero attached hydrogens (tertiary/aromatic N) is 3. The summed E-state index contributed by atoms with van der Waals surface area (Å²) in [4.78, 5) is 4.63. The van der Waals surface area contributed by atoms with Gasteiger partial charge in [-0.1, -0.05) is 17.3 Å². The van der Waals surface area contributed by atoms with Crippen LogP contribution in [0, 0.1) is 19.7 Å². The Morgan fingerprint density at radius 3 is 2.68 bits per heavy atom. The number of hydrogen-bond donors (Lipinski definition) is 1. The molecule has 0 amide bonds. The molecule has 1 fully saturated rings. The molecule has 1 aromatic carbocycles. The van der Waals surface area contributed by atoms with Crippen molar-refractivity contribution in [3.05, 3.63) is 64.3 Å². The molecular weight excluding hydrogens is 323 g/mol. The quantitative estimate of drug-likeness (QED) is 0.789. The fraction of sp³-hybridized carbons (Fsp3) is 0.389. The van der Waals surface area contributed by atoms with E-state index in [1.165, 1.54) is 12.1 Å². The maximum Gasteiger partial charge on any atom is 0.231 e. The zero-order valence-corrected chi connectivity index (χ0v) is 14.2. The number of rotatable bonds is 4. The number of hydrogen-bond acceptors (Lipinski definition) is 5. The summed E-state index contributed by atoms with van der Waals surface area (Å²) in [6, 6.07) is 6.44. The van der Waals surface area contributed by atoms with Crippen LogP contribution in [0.15, 0.2) is 28.8 Å². The Kier molecular flexibility index (Phi) is 3.88. The van der Waals surface area contributed by atoms with Crippen molar-refractivity contribution in [2.45, 2.75) is 32.1 Å². The predicted octanol–water partition coefficient (Wildman–Crippen LogP) is 2.85. The minimum absolute atomic E-state index is 0.266. The highest BCUT2D eigenvalue weighted by molar-refractivity contribution is 5.35. The van der Waals surface area contributed by atoms with Gasteiger partial charge in [-0.05, 0) is 38.0 Å². The lowest BCUT2D eigenvalue weighted by Gasteiger charge is -2.23. The van der Waals surface area contributed by atoms with Crippen LogP contribution in [0.1, 0.15) is 40.7 Å². The van der Waals surface area contributed by atoms with Gasteiger partial charge in [-0.15, -0.1) is 0 Å². The van der Waals surface area contributed by atoms with E-state index >= 15 is 0 Å². The van der Waals surface area contributed by atoms with Crippen molar-refractivity contribution in [1.29, 1.82) is 0 Å². The zero-order valence-electron chi connectivity index (χ0n) is 14.2. The molecule has 1 N–H and O–H groups in total. The van der Waals surface area contributed by atoms with Crippen LogP contribution in [0.2, 0.25) is 0 Å². The van der Waals surface area contributed by atoms with Crippen LogP contribution in [-0.2, 0) is 16.6 Å². The molecule has 0 spiro atoms. The van der Waals surface area contributed by atoms with Gasteiger partial charge < -0.3 is 9.26 Å². The van der Waals surface area contributed by atoms with Crippen molar-refractivity contribution in [2.75, 3.05) is 13.2 Å². The highest BCUT2D eigenvalue weighted by Gasteiger charge is 2.42. The normalized spacial score (nSPS) is 20.3. The third kappa shape index (κ3) is 2.74. The number of halogens is 1. The molecule has 4 rings (SSSR count). The number of aromatic amines is 1. The lowest BCUT2D eigenvalue weighted by atomic mass is 9.79.